The van der Waals surface area contributed by atoms with E-state index in [0.717, 1.165) is 12.1 Å². The van der Waals surface area contributed by atoms with E-state index in [0.29, 0.717) is 12.5 Å². The third-order valence-corrected chi connectivity index (χ3v) is 2.59. The van der Waals surface area contributed by atoms with E-state index in [1.165, 1.54) is 0 Å². The lowest BCUT2D eigenvalue weighted by atomic mass is 10.1. The SMILES string of the molecule is CCC[C@@H](NC(=O)c1ccc([N+](=O)[O-])c(F)c1)C(=O)O. The van der Waals surface area contributed by atoms with E-state index < -0.39 is 34.3 Å². The standard InChI is InChI=1S/C12H13FN2O5/c1-2-3-9(12(17)18)14-11(16)7-4-5-10(15(19)20)8(13)6-7/h4-6,9H,2-3H2,1H3,(H,14,16)(H,17,18)/t9-/m1/s1. The fraction of sp³-hybridized carbons (Fsp3) is 0.333. The Morgan fingerprint density at radius 1 is 1.50 bits per heavy atom. The normalized spacial score (nSPS) is 11.7. The summed E-state index contributed by atoms with van der Waals surface area (Å²) in [6.45, 7) is 1.76. The van der Waals surface area contributed by atoms with Gasteiger partial charge in [0, 0.05) is 11.6 Å². The second-order valence-corrected chi connectivity index (χ2v) is 4.08. The van der Waals surface area contributed by atoms with E-state index >= 15 is 0 Å². The highest BCUT2D eigenvalue weighted by Gasteiger charge is 2.21. The minimum absolute atomic E-state index is 0.171. The Hall–Kier alpha value is -2.51. The predicted octanol–water partition coefficient (Wildman–Crippen LogP) is 1.72. The smallest absolute Gasteiger partial charge is 0.326 e. The molecule has 0 aliphatic carbocycles. The lowest BCUT2D eigenvalue weighted by Crippen LogP contribution is -2.40. The lowest BCUT2D eigenvalue weighted by Gasteiger charge is -2.13. The molecule has 0 saturated heterocycles. The van der Waals surface area contributed by atoms with Gasteiger partial charge in [-0.2, -0.15) is 4.39 Å². The minimum Gasteiger partial charge on any atom is -0.480 e. The molecule has 0 fully saturated rings. The van der Waals surface area contributed by atoms with Crippen LogP contribution in [0.3, 0.4) is 0 Å². The zero-order valence-corrected chi connectivity index (χ0v) is 10.6. The highest BCUT2D eigenvalue weighted by atomic mass is 19.1. The zero-order chi connectivity index (χ0) is 15.3. The van der Waals surface area contributed by atoms with Gasteiger partial charge in [-0.1, -0.05) is 13.3 Å². The van der Waals surface area contributed by atoms with Crippen LogP contribution in [0.2, 0.25) is 0 Å². The van der Waals surface area contributed by atoms with Crippen LogP contribution >= 0.6 is 0 Å². The van der Waals surface area contributed by atoms with Crippen molar-refractivity contribution >= 4 is 17.6 Å². The van der Waals surface area contributed by atoms with E-state index in [1.54, 1.807) is 6.92 Å². The maximum absolute atomic E-state index is 13.4. The number of hydrogen-bond acceptors (Lipinski definition) is 4. The molecule has 0 aliphatic rings. The minimum atomic E-state index is -1.19. The average molecular weight is 284 g/mol. The molecule has 1 aromatic rings. The molecule has 2 N–H and O–H groups in total. The van der Waals surface area contributed by atoms with Gasteiger partial charge in [0.15, 0.2) is 0 Å². The van der Waals surface area contributed by atoms with Gasteiger partial charge in [-0.05, 0) is 18.6 Å². The molecule has 0 aromatic heterocycles. The monoisotopic (exact) mass is 284 g/mol. The first-order chi connectivity index (χ1) is 9.36. The predicted molar refractivity (Wildman–Crippen MR) is 66.9 cm³/mol. The Kier molecular flexibility index (Phi) is 5.13. The van der Waals surface area contributed by atoms with E-state index in [2.05, 4.69) is 5.32 Å². The molecule has 108 valence electrons. The first-order valence-electron chi connectivity index (χ1n) is 5.84. The van der Waals surface area contributed by atoms with Crippen LogP contribution in [-0.4, -0.2) is 27.9 Å². The summed E-state index contributed by atoms with van der Waals surface area (Å²) in [4.78, 5) is 32.2. The number of nitrogens with zero attached hydrogens (tertiary/aromatic N) is 1. The number of hydrogen-bond donors (Lipinski definition) is 2. The maximum Gasteiger partial charge on any atom is 0.326 e. The maximum atomic E-state index is 13.4. The summed E-state index contributed by atoms with van der Waals surface area (Å²) in [6.07, 6.45) is 0.780. The number of benzene rings is 1. The Labute approximate surface area is 113 Å². The van der Waals surface area contributed by atoms with Crippen molar-refractivity contribution in [2.45, 2.75) is 25.8 Å². The molecular formula is C12H13FN2O5. The molecule has 0 spiro atoms. The molecule has 0 aliphatic heterocycles. The number of carboxylic acid groups (broad SMARTS) is 1. The van der Waals surface area contributed by atoms with Crippen molar-refractivity contribution in [3.8, 4) is 0 Å². The molecule has 1 atom stereocenters. The van der Waals surface area contributed by atoms with Crippen LogP contribution in [0.4, 0.5) is 10.1 Å². The zero-order valence-electron chi connectivity index (χ0n) is 10.6. The van der Waals surface area contributed by atoms with Gasteiger partial charge in [0.25, 0.3) is 5.91 Å². The van der Waals surface area contributed by atoms with Gasteiger partial charge in [0.1, 0.15) is 6.04 Å². The number of nitrogens with one attached hydrogen (secondary N) is 1. The number of amides is 1. The van der Waals surface area contributed by atoms with Gasteiger partial charge in [-0.25, -0.2) is 4.79 Å². The summed E-state index contributed by atoms with van der Waals surface area (Å²) in [5.74, 6) is -3.13. The van der Waals surface area contributed by atoms with Crippen LogP contribution in [-0.2, 0) is 4.79 Å². The van der Waals surface area contributed by atoms with E-state index in [9.17, 15) is 24.1 Å². The third-order valence-electron chi connectivity index (χ3n) is 2.59. The summed E-state index contributed by atoms with van der Waals surface area (Å²) in [5, 5.41) is 21.6. The van der Waals surface area contributed by atoms with Gasteiger partial charge < -0.3 is 10.4 Å². The summed E-state index contributed by atoms with van der Waals surface area (Å²) in [6, 6.07) is 1.56. The quantitative estimate of drug-likeness (QED) is 0.610. The highest BCUT2D eigenvalue weighted by Crippen LogP contribution is 2.18. The molecule has 1 aromatic carbocycles. The summed E-state index contributed by atoms with van der Waals surface area (Å²) >= 11 is 0. The van der Waals surface area contributed by atoms with E-state index in [-0.39, 0.29) is 12.0 Å². The molecule has 7 nitrogen and oxygen atoms in total. The van der Waals surface area contributed by atoms with Crippen LogP contribution in [0.5, 0.6) is 0 Å². The summed E-state index contributed by atoms with van der Waals surface area (Å²) in [7, 11) is 0. The number of nitro benzene ring substituents is 1. The van der Waals surface area contributed by atoms with Crippen LogP contribution in [0.1, 0.15) is 30.1 Å². The Bertz CT molecular complexity index is 547. The van der Waals surface area contributed by atoms with Crippen LogP contribution < -0.4 is 5.32 Å². The van der Waals surface area contributed by atoms with Crippen molar-refractivity contribution in [2.24, 2.45) is 0 Å². The Morgan fingerprint density at radius 3 is 2.60 bits per heavy atom. The fourth-order valence-corrected chi connectivity index (χ4v) is 1.58. The number of carbonyl (C=O) groups is 2. The second-order valence-electron chi connectivity index (χ2n) is 4.08. The molecule has 20 heavy (non-hydrogen) atoms. The van der Waals surface area contributed by atoms with Gasteiger partial charge in [-0.3, -0.25) is 14.9 Å². The van der Waals surface area contributed by atoms with Crippen LogP contribution in [0.15, 0.2) is 18.2 Å². The fourth-order valence-electron chi connectivity index (χ4n) is 1.58. The van der Waals surface area contributed by atoms with Gasteiger partial charge in [0.2, 0.25) is 5.82 Å². The van der Waals surface area contributed by atoms with Crippen molar-refractivity contribution in [2.75, 3.05) is 0 Å². The first-order valence-corrected chi connectivity index (χ1v) is 5.84. The van der Waals surface area contributed by atoms with Crippen molar-refractivity contribution in [3.05, 3.63) is 39.7 Å². The summed E-state index contributed by atoms with van der Waals surface area (Å²) < 4.78 is 13.4. The molecule has 8 heteroatoms. The summed E-state index contributed by atoms with van der Waals surface area (Å²) in [5.41, 5.74) is -0.916. The largest absolute Gasteiger partial charge is 0.480 e. The molecule has 0 radical (unpaired) electrons. The Balaban J connectivity index is 2.90. The molecule has 0 saturated carbocycles. The second kappa shape index (κ2) is 6.60. The number of halogens is 1. The third kappa shape index (κ3) is 3.74. The van der Waals surface area contributed by atoms with Crippen molar-refractivity contribution < 1.29 is 24.0 Å². The number of nitro groups is 1. The van der Waals surface area contributed by atoms with Crippen molar-refractivity contribution in [1.29, 1.82) is 0 Å². The highest BCUT2D eigenvalue weighted by molar-refractivity contribution is 5.96. The van der Waals surface area contributed by atoms with Gasteiger partial charge in [-0.15, -0.1) is 0 Å². The van der Waals surface area contributed by atoms with E-state index in [4.69, 9.17) is 5.11 Å². The molecule has 1 rings (SSSR count). The van der Waals surface area contributed by atoms with Crippen molar-refractivity contribution in [1.82, 2.24) is 5.32 Å². The van der Waals surface area contributed by atoms with Crippen LogP contribution in [0.25, 0.3) is 0 Å². The topological polar surface area (TPSA) is 110 Å². The Morgan fingerprint density at radius 2 is 2.15 bits per heavy atom. The molecule has 1 amide bonds. The number of carbonyl (C=O) groups excluding carboxylic acids is 1. The molecule has 0 unspecified atom stereocenters. The number of aliphatic carboxylic acids is 1. The van der Waals surface area contributed by atoms with E-state index in [1.807, 2.05) is 0 Å². The molecule has 0 heterocycles. The first kappa shape index (κ1) is 15.5. The van der Waals surface area contributed by atoms with Crippen LogP contribution in [0, 0.1) is 15.9 Å². The van der Waals surface area contributed by atoms with Gasteiger partial charge >= 0.3 is 11.7 Å². The lowest BCUT2D eigenvalue weighted by molar-refractivity contribution is -0.387. The molecule has 0 bridgehead atoms. The molecular weight excluding hydrogens is 271 g/mol. The number of carboxylic acids is 1. The average Bonchev–Trinajstić information content (AvgIpc) is 2.37. The van der Waals surface area contributed by atoms with Gasteiger partial charge in [0.05, 0.1) is 4.92 Å². The number of rotatable bonds is 6. The van der Waals surface area contributed by atoms with Crippen molar-refractivity contribution in [3.63, 3.8) is 0 Å².